The lowest BCUT2D eigenvalue weighted by Crippen LogP contribution is -2.31. The number of fused-ring (bicyclic) bond motifs is 2. The smallest absolute Gasteiger partial charge is 0.259 e. The number of nitrogens with zero attached hydrogens (tertiary/aromatic N) is 5. The van der Waals surface area contributed by atoms with Crippen LogP contribution in [-0.2, 0) is 0 Å². The largest absolute Gasteiger partial charge is 0.340 e. The summed E-state index contributed by atoms with van der Waals surface area (Å²) in [4.78, 5) is 27.3. The van der Waals surface area contributed by atoms with E-state index in [1.807, 2.05) is 29.2 Å². The molecule has 1 aliphatic rings. The monoisotopic (exact) mass is 332 g/mol. The van der Waals surface area contributed by atoms with Crippen LogP contribution < -0.4 is 0 Å². The van der Waals surface area contributed by atoms with Crippen molar-refractivity contribution in [3.05, 3.63) is 60.3 Å². The molecular weight excluding hydrogens is 316 g/mol. The fourth-order valence-electron chi connectivity index (χ4n) is 3.56. The topological polar surface area (TPSA) is 79.2 Å². The van der Waals surface area contributed by atoms with E-state index in [9.17, 15) is 4.79 Å². The zero-order chi connectivity index (χ0) is 16.8. The highest BCUT2D eigenvalue weighted by atomic mass is 16.2. The molecule has 5 rings (SSSR count). The average Bonchev–Trinajstić information content (AvgIpc) is 3.37. The number of aromatic amines is 1. The molecule has 1 saturated heterocycles. The van der Waals surface area contributed by atoms with Crippen molar-refractivity contribution in [2.75, 3.05) is 6.54 Å². The Kier molecular flexibility index (Phi) is 3.06. The van der Waals surface area contributed by atoms with Gasteiger partial charge in [0.05, 0.1) is 23.3 Å². The fraction of sp³-hybridized carbons (Fsp3) is 0.222. The van der Waals surface area contributed by atoms with E-state index >= 15 is 0 Å². The van der Waals surface area contributed by atoms with Gasteiger partial charge in [0.15, 0.2) is 5.65 Å². The van der Waals surface area contributed by atoms with Crippen LogP contribution in [0, 0.1) is 0 Å². The first kappa shape index (κ1) is 14.2. The van der Waals surface area contributed by atoms with Crippen LogP contribution in [0.5, 0.6) is 0 Å². The maximum Gasteiger partial charge on any atom is 0.259 e. The minimum absolute atomic E-state index is 0.0430. The molecule has 0 spiro atoms. The predicted molar refractivity (Wildman–Crippen MR) is 92.1 cm³/mol. The maximum atomic E-state index is 13.1. The molecule has 7 heteroatoms. The molecule has 1 aromatic carbocycles. The minimum atomic E-state index is -0.0448. The summed E-state index contributed by atoms with van der Waals surface area (Å²) in [6.07, 6.45) is 6.92. The van der Waals surface area contributed by atoms with Crippen molar-refractivity contribution in [2.45, 2.75) is 18.9 Å². The van der Waals surface area contributed by atoms with E-state index in [1.165, 1.54) is 0 Å². The first-order valence-electron chi connectivity index (χ1n) is 8.35. The number of hydrogen-bond acceptors (Lipinski definition) is 4. The maximum absolute atomic E-state index is 13.1. The van der Waals surface area contributed by atoms with Gasteiger partial charge >= 0.3 is 0 Å². The van der Waals surface area contributed by atoms with E-state index in [2.05, 4.69) is 20.1 Å². The van der Waals surface area contributed by atoms with E-state index in [1.54, 1.807) is 29.2 Å². The van der Waals surface area contributed by atoms with Gasteiger partial charge in [-0.05, 0) is 31.0 Å². The van der Waals surface area contributed by atoms with Crippen LogP contribution in [0.4, 0.5) is 0 Å². The summed E-state index contributed by atoms with van der Waals surface area (Å²) < 4.78 is 1.62. The molecule has 1 unspecified atom stereocenters. The summed E-state index contributed by atoms with van der Waals surface area (Å²) in [6.45, 7) is 0.713. The zero-order valence-electron chi connectivity index (χ0n) is 13.5. The Morgan fingerprint density at radius 3 is 3.08 bits per heavy atom. The molecule has 1 N–H and O–H groups in total. The molecule has 0 aliphatic carbocycles. The second-order valence-electron chi connectivity index (χ2n) is 6.24. The number of amides is 1. The van der Waals surface area contributed by atoms with Crippen LogP contribution in [0.1, 0.15) is 35.1 Å². The number of H-pyrrole nitrogens is 1. The highest BCUT2D eigenvalue weighted by Crippen LogP contribution is 2.33. The number of benzene rings is 1. The standard InChI is InChI=1S/C18H16N6O/c25-18(12-11-20-24-10-4-8-19-17(12)24)23-9-3-7-15(23)16-21-13-5-1-2-6-14(13)22-16/h1-2,4-6,8,10-11,15H,3,7,9H2,(H,21,22). The Balaban J connectivity index is 1.53. The molecule has 25 heavy (non-hydrogen) atoms. The molecule has 1 fully saturated rings. The Morgan fingerprint density at radius 2 is 2.16 bits per heavy atom. The summed E-state index contributed by atoms with van der Waals surface area (Å²) in [5.41, 5.74) is 3.04. The third-order valence-electron chi connectivity index (χ3n) is 4.75. The summed E-state index contributed by atoms with van der Waals surface area (Å²) in [5.74, 6) is 0.799. The molecule has 1 atom stereocenters. The van der Waals surface area contributed by atoms with Crippen molar-refractivity contribution >= 4 is 22.6 Å². The molecule has 0 bridgehead atoms. The molecule has 124 valence electrons. The molecule has 7 nitrogen and oxygen atoms in total. The van der Waals surface area contributed by atoms with Crippen LogP contribution in [0.15, 0.2) is 48.9 Å². The van der Waals surface area contributed by atoms with Crippen LogP contribution >= 0.6 is 0 Å². The number of carbonyl (C=O) groups is 1. The first-order valence-corrected chi connectivity index (χ1v) is 8.35. The van der Waals surface area contributed by atoms with Gasteiger partial charge in [0.1, 0.15) is 11.4 Å². The lowest BCUT2D eigenvalue weighted by atomic mass is 10.2. The van der Waals surface area contributed by atoms with Crippen molar-refractivity contribution in [3.8, 4) is 0 Å². The normalized spacial score (nSPS) is 17.6. The van der Waals surface area contributed by atoms with Gasteiger partial charge in [0, 0.05) is 18.9 Å². The summed E-state index contributed by atoms with van der Waals surface area (Å²) in [5, 5.41) is 4.23. The van der Waals surface area contributed by atoms with Gasteiger partial charge in [-0.3, -0.25) is 4.79 Å². The van der Waals surface area contributed by atoms with Crippen molar-refractivity contribution < 1.29 is 4.79 Å². The van der Waals surface area contributed by atoms with Gasteiger partial charge in [0.25, 0.3) is 5.91 Å². The van der Waals surface area contributed by atoms with Crippen LogP contribution in [-0.4, -0.2) is 41.9 Å². The van der Waals surface area contributed by atoms with E-state index in [0.717, 1.165) is 29.7 Å². The summed E-state index contributed by atoms with van der Waals surface area (Å²) in [6, 6.07) is 9.68. The molecule has 1 aliphatic heterocycles. The molecule has 0 saturated carbocycles. The highest BCUT2D eigenvalue weighted by molar-refractivity contribution is 6.00. The Hall–Kier alpha value is -3.22. The zero-order valence-corrected chi connectivity index (χ0v) is 13.5. The lowest BCUT2D eigenvalue weighted by molar-refractivity contribution is 0.0732. The SMILES string of the molecule is O=C(c1cnn2cccnc12)N1CCCC1c1nc2ccccc2[nH]1. The molecule has 3 aromatic heterocycles. The van der Waals surface area contributed by atoms with Crippen molar-refractivity contribution in [1.82, 2.24) is 29.5 Å². The van der Waals surface area contributed by atoms with Crippen LogP contribution in [0.25, 0.3) is 16.7 Å². The number of carbonyl (C=O) groups excluding carboxylic acids is 1. The van der Waals surface area contributed by atoms with Gasteiger partial charge in [-0.15, -0.1) is 0 Å². The number of rotatable bonds is 2. The Labute approximate surface area is 143 Å². The summed E-state index contributed by atoms with van der Waals surface area (Å²) in [7, 11) is 0. The van der Waals surface area contributed by atoms with Gasteiger partial charge < -0.3 is 9.88 Å². The van der Waals surface area contributed by atoms with Gasteiger partial charge in [-0.25, -0.2) is 14.5 Å². The number of likely N-dealkylation sites (tertiary alicyclic amines) is 1. The van der Waals surface area contributed by atoms with Gasteiger partial charge in [-0.1, -0.05) is 12.1 Å². The van der Waals surface area contributed by atoms with Crippen molar-refractivity contribution in [1.29, 1.82) is 0 Å². The third kappa shape index (κ3) is 2.20. The molecule has 0 radical (unpaired) electrons. The minimum Gasteiger partial charge on any atom is -0.340 e. The second-order valence-corrected chi connectivity index (χ2v) is 6.24. The van der Waals surface area contributed by atoms with Crippen molar-refractivity contribution in [2.24, 2.45) is 0 Å². The van der Waals surface area contributed by atoms with E-state index in [0.29, 0.717) is 17.8 Å². The lowest BCUT2D eigenvalue weighted by Gasteiger charge is -2.22. The summed E-state index contributed by atoms with van der Waals surface area (Å²) >= 11 is 0. The molecule has 4 aromatic rings. The number of imidazole rings is 1. The van der Waals surface area contributed by atoms with Crippen LogP contribution in [0.3, 0.4) is 0 Å². The Bertz CT molecular complexity index is 1050. The molecule has 4 heterocycles. The Morgan fingerprint density at radius 1 is 1.24 bits per heavy atom. The number of hydrogen-bond donors (Lipinski definition) is 1. The fourth-order valence-corrected chi connectivity index (χ4v) is 3.56. The number of para-hydroxylation sites is 2. The second kappa shape index (κ2) is 5.41. The quantitative estimate of drug-likeness (QED) is 0.612. The molecule has 1 amide bonds. The number of nitrogens with one attached hydrogen (secondary N) is 1. The van der Waals surface area contributed by atoms with Gasteiger partial charge in [0.2, 0.25) is 0 Å². The van der Waals surface area contributed by atoms with Crippen molar-refractivity contribution in [3.63, 3.8) is 0 Å². The average molecular weight is 332 g/mol. The van der Waals surface area contributed by atoms with E-state index < -0.39 is 0 Å². The predicted octanol–water partition coefficient (Wildman–Crippen LogP) is 2.58. The number of aromatic nitrogens is 5. The van der Waals surface area contributed by atoms with E-state index in [-0.39, 0.29) is 11.9 Å². The highest BCUT2D eigenvalue weighted by Gasteiger charge is 2.34. The first-order chi connectivity index (χ1) is 12.3. The van der Waals surface area contributed by atoms with Gasteiger partial charge in [-0.2, -0.15) is 5.10 Å². The third-order valence-corrected chi connectivity index (χ3v) is 4.75. The molecular formula is C18H16N6O. The van der Waals surface area contributed by atoms with Crippen LogP contribution in [0.2, 0.25) is 0 Å². The van der Waals surface area contributed by atoms with E-state index in [4.69, 9.17) is 0 Å².